The SMILES string of the molecule is CN=C(NCC(=O)NC(C)(C)C)NCC(c1cccc(OC)c1)N(C)C.I. The fraction of sp³-hybridized carbons (Fsp3) is 0.579. The third-order valence-electron chi connectivity index (χ3n) is 3.72. The van der Waals surface area contributed by atoms with Crippen LogP contribution in [0, 0.1) is 0 Å². The zero-order chi connectivity index (χ0) is 19.7. The summed E-state index contributed by atoms with van der Waals surface area (Å²) in [6.45, 7) is 6.67. The van der Waals surface area contributed by atoms with Crippen molar-refractivity contribution in [1.82, 2.24) is 20.9 Å². The van der Waals surface area contributed by atoms with Gasteiger partial charge in [0, 0.05) is 19.1 Å². The van der Waals surface area contributed by atoms with Gasteiger partial charge in [0.05, 0.1) is 19.7 Å². The van der Waals surface area contributed by atoms with Gasteiger partial charge in [0.2, 0.25) is 5.91 Å². The standard InChI is InChI=1S/C19H33N5O2.HI/c1-19(2,3)23-17(25)13-22-18(20-4)21-12-16(24(5)6)14-9-8-10-15(11-14)26-7;/h8-11,16H,12-13H2,1-7H3,(H,23,25)(H2,20,21,22);1H. The number of nitrogens with one attached hydrogen (secondary N) is 3. The molecule has 1 atom stereocenters. The van der Waals surface area contributed by atoms with Crippen LogP contribution in [0.2, 0.25) is 0 Å². The lowest BCUT2D eigenvalue weighted by Crippen LogP contribution is -2.49. The fourth-order valence-corrected chi connectivity index (χ4v) is 2.49. The molecule has 0 aliphatic heterocycles. The minimum absolute atomic E-state index is 0. The number of hydrogen-bond donors (Lipinski definition) is 3. The molecular formula is C19H34IN5O2. The van der Waals surface area contributed by atoms with E-state index in [9.17, 15) is 4.79 Å². The molecule has 1 rings (SSSR count). The normalized spacial score (nSPS) is 12.8. The Kier molecular flexibility index (Phi) is 11.3. The summed E-state index contributed by atoms with van der Waals surface area (Å²) in [6.07, 6.45) is 0. The predicted octanol–water partition coefficient (Wildman–Crippen LogP) is 2.00. The average Bonchev–Trinajstić information content (AvgIpc) is 2.56. The number of likely N-dealkylation sites (N-methyl/N-ethyl adjacent to an activating group) is 1. The lowest BCUT2D eigenvalue weighted by Gasteiger charge is -2.26. The number of ether oxygens (including phenoxy) is 1. The Bertz CT molecular complexity index is 614. The molecule has 0 heterocycles. The van der Waals surface area contributed by atoms with Gasteiger partial charge in [0.25, 0.3) is 0 Å². The van der Waals surface area contributed by atoms with Crippen molar-refractivity contribution in [2.75, 3.05) is 41.3 Å². The highest BCUT2D eigenvalue weighted by atomic mass is 127. The topological polar surface area (TPSA) is 78.0 Å². The van der Waals surface area contributed by atoms with E-state index >= 15 is 0 Å². The molecule has 0 aliphatic carbocycles. The van der Waals surface area contributed by atoms with Crippen molar-refractivity contribution in [3.8, 4) is 5.75 Å². The quantitative estimate of drug-likeness (QED) is 0.309. The summed E-state index contributed by atoms with van der Waals surface area (Å²) in [7, 11) is 7.40. The maximum atomic E-state index is 11.9. The van der Waals surface area contributed by atoms with Crippen LogP contribution in [-0.2, 0) is 4.79 Å². The molecule has 1 unspecified atom stereocenters. The first-order valence-corrected chi connectivity index (χ1v) is 8.72. The maximum Gasteiger partial charge on any atom is 0.239 e. The number of amides is 1. The fourth-order valence-electron chi connectivity index (χ4n) is 2.49. The van der Waals surface area contributed by atoms with Gasteiger partial charge < -0.3 is 25.6 Å². The lowest BCUT2D eigenvalue weighted by molar-refractivity contribution is -0.121. The largest absolute Gasteiger partial charge is 0.497 e. The van der Waals surface area contributed by atoms with Crippen LogP contribution in [-0.4, -0.2) is 63.6 Å². The van der Waals surface area contributed by atoms with Crippen LogP contribution in [0.5, 0.6) is 5.75 Å². The second-order valence-corrected chi connectivity index (χ2v) is 7.36. The summed E-state index contributed by atoms with van der Waals surface area (Å²) < 4.78 is 5.32. The van der Waals surface area contributed by atoms with Gasteiger partial charge in [-0.3, -0.25) is 9.79 Å². The zero-order valence-electron chi connectivity index (χ0n) is 17.4. The second-order valence-electron chi connectivity index (χ2n) is 7.36. The third-order valence-corrected chi connectivity index (χ3v) is 3.72. The molecule has 0 spiro atoms. The number of rotatable bonds is 7. The molecule has 1 aromatic rings. The molecule has 0 saturated heterocycles. The molecule has 0 bridgehead atoms. The van der Waals surface area contributed by atoms with Gasteiger partial charge in [0.15, 0.2) is 5.96 Å². The molecule has 3 N–H and O–H groups in total. The molecule has 27 heavy (non-hydrogen) atoms. The van der Waals surface area contributed by atoms with Gasteiger partial charge >= 0.3 is 0 Å². The van der Waals surface area contributed by atoms with E-state index in [0.717, 1.165) is 11.3 Å². The van der Waals surface area contributed by atoms with Crippen molar-refractivity contribution in [1.29, 1.82) is 0 Å². The summed E-state index contributed by atoms with van der Waals surface area (Å²) in [5, 5.41) is 9.24. The van der Waals surface area contributed by atoms with E-state index in [-0.39, 0.29) is 48.0 Å². The van der Waals surface area contributed by atoms with Crippen LogP contribution in [0.25, 0.3) is 0 Å². The highest BCUT2D eigenvalue weighted by Gasteiger charge is 2.17. The number of carbonyl (C=O) groups is 1. The Hall–Kier alpha value is -1.55. The first-order valence-electron chi connectivity index (χ1n) is 8.72. The van der Waals surface area contributed by atoms with Crippen molar-refractivity contribution in [2.24, 2.45) is 4.99 Å². The predicted molar refractivity (Wildman–Crippen MR) is 122 cm³/mol. The van der Waals surface area contributed by atoms with Crippen LogP contribution in [0.4, 0.5) is 0 Å². The van der Waals surface area contributed by atoms with E-state index < -0.39 is 0 Å². The van der Waals surface area contributed by atoms with Crippen molar-refractivity contribution in [2.45, 2.75) is 32.4 Å². The number of nitrogens with zero attached hydrogens (tertiary/aromatic N) is 2. The molecular weight excluding hydrogens is 457 g/mol. The van der Waals surface area contributed by atoms with Gasteiger partial charge in [-0.05, 0) is 52.6 Å². The number of methoxy groups -OCH3 is 1. The Balaban J connectivity index is 0.00000676. The van der Waals surface area contributed by atoms with E-state index in [1.165, 1.54) is 0 Å². The minimum atomic E-state index is -0.252. The highest BCUT2D eigenvalue weighted by Crippen LogP contribution is 2.21. The van der Waals surface area contributed by atoms with Crippen molar-refractivity contribution in [3.63, 3.8) is 0 Å². The summed E-state index contributed by atoms with van der Waals surface area (Å²) in [6, 6.07) is 8.14. The number of halogens is 1. The van der Waals surface area contributed by atoms with Gasteiger partial charge in [-0.2, -0.15) is 0 Å². The number of benzene rings is 1. The van der Waals surface area contributed by atoms with E-state index in [1.807, 2.05) is 53.1 Å². The molecule has 1 aromatic carbocycles. The zero-order valence-corrected chi connectivity index (χ0v) is 19.8. The van der Waals surface area contributed by atoms with Crippen molar-refractivity contribution < 1.29 is 9.53 Å². The number of guanidine groups is 1. The highest BCUT2D eigenvalue weighted by molar-refractivity contribution is 14.0. The Morgan fingerprint density at radius 2 is 1.93 bits per heavy atom. The molecule has 0 fully saturated rings. The van der Waals surface area contributed by atoms with Gasteiger partial charge in [-0.15, -0.1) is 24.0 Å². The molecule has 154 valence electrons. The lowest BCUT2D eigenvalue weighted by atomic mass is 10.1. The molecule has 0 radical (unpaired) electrons. The molecule has 7 nitrogen and oxygen atoms in total. The summed E-state index contributed by atoms with van der Waals surface area (Å²) in [4.78, 5) is 18.3. The molecule has 0 aromatic heterocycles. The number of carbonyl (C=O) groups excluding carboxylic acids is 1. The minimum Gasteiger partial charge on any atom is -0.497 e. The molecule has 1 amide bonds. The van der Waals surface area contributed by atoms with Gasteiger partial charge in [-0.1, -0.05) is 12.1 Å². The van der Waals surface area contributed by atoms with E-state index in [2.05, 4.69) is 31.9 Å². The van der Waals surface area contributed by atoms with Crippen LogP contribution < -0.4 is 20.7 Å². The second kappa shape index (κ2) is 12.0. The average molecular weight is 491 g/mol. The summed E-state index contributed by atoms with van der Waals surface area (Å²) >= 11 is 0. The summed E-state index contributed by atoms with van der Waals surface area (Å²) in [5.41, 5.74) is 0.890. The summed E-state index contributed by atoms with van der Waals surface area (Å²) in [5.74, 6) is 1.34. The van der Waals surface area contributed by atoms with Gasteiger partial charge in [0.1, 0.15) is 5.75 Å². The van der Waals surface area contributed by atoms with Crippen LogP contribution in [0.1, 0.15) is 32.4 Å². The van der Waals surface area contributed by atoms with E-state index in [4.69, 9.17) is 4.74 Å². The van der Waals surface area contributed by atoms with Crippen LogP contribution >= 0.6 is 24.0 Å². The van der Waals surface area contributed by atoms with E-state index in [1.54, 1.807) is 14.2 Å². The Morgan fingerprint density at radius 3 is 2.44 bits per heavy atom. The molecule has 0 aliphatic rings. The Morgan fingerprint density at radius 1 is 1.26 bits per heavy atom. The van der Waals surface area contributed by atoms with Crippen molar-refractivity contribution >= 4 is 35.8 Å². The smallest absolute Gasteiger partial charge is 0.239 e. The third kappa shape index (κ3) is 9.81. The molecule has 0 saturated carbocycles. The number of hydrogen-bond acceptors (Lipinski definition) is 4. The van der Waals surface area contributed by atoms with Crippen molar-refractivity contribution in [3.05, 3.63) is 29.8 Å². The van der Waals surface area contributed by atoms with Crippen LogP contribution in [0.15, 0.2) is 29.3 Å². The maximum absolute atomic E-state index is 11.9. The van der Waals surface area contributed by atoms with Crippen LogP contribution in [0.3, 0.4) is 0 Å². The van der Waals surface area contributed by atoms with Gasteiger partial charge in [-0.25, -0.2) is 0 Å². The van der Waals surface area contributed by atoms with E-state index in [0.29, 0.717) is 12.5 Å². The first kappa shape index (κ1) is 25.4. The molecule has 8 heteroatoms. The Labute approximate surface area is 180 Å². The first-order chi connectivity index (χ1) is 12.2. The number of aliphatic imine (C=N–C) groups is 1. The monoisotopic (exact) mass is 491 g/mol.